The van der Waals surface area contributed by atoms with E-state index in [0.717, 1.165) is 13.0 Å². The van der Waals surface area contributed by atoms with Gasteiger partial charge in [0.2, 0.25) is 5.75 Å². The van der Waals surface area contributed by atoms with Gasteiger partial charge < -0.3 is 15.4 Å². The highest BCUT2D eigenvalue weighted by atomic mass is 35.5. The third kappa shape index (κ3) is 3.89. The van der Waals surface area contributed by atoms with Crippen LogP contribution >= 0.6 is 23.2 Å². The van der Waals surface area contributed by atoms with Crippen molar-refractivity contribution in [1.82, 2.24) is 9.97 Å². The Labute approximate surface area is 133 Å². The Morgan fingerprint density at radius 3 is 2.67 bits per heavy atom. The van der Waals surface area contributed by atoms with E-state index in [4.69, 9.17) is 27.9 Å². The number of anilines is 3. The molecule has 1 aromatic carbocycles. The summed E-state index contributed by atoms with van der Waals surface area (Å²) in [5.74, 6) is 1.69. The van der Waals surface area contributed by atoms with E-state index in [1.165, 1.54) is 6.33 Å². The molecule has 0 fully saturated rings. The molecule has 0 aliphatic carbocycles. The first-order chi connectivity index (χ1) is 10.2. The Bertz CT molecular complexity index is 622. The van der Waals surface area contributed by atoms with Crippen molar-refractivity contribution in [2.75, 3.05) is 24.3 Å². The average molecular weight is 327 g/mol. The summed E-state index contributed by atoms with van der Waals surface area (Å²) in [6, 6.07) is 5.17. The molecule has 7 heteroatoms. The maximum atomic E-state index is 6.14. The monoisotopic (exact) mass is 326 g/mol. The maximum Gasteiger partial charge on any atom is 0.204 e. The van der Waals surface area contributed by atoms with E-state index in [1.54, 1.807) is 25.3 Å². The van der Waals surface area contributed by atoms with E-state index in [1.807, 2.05) is 0 Å². The van der Waals surface area contributed by atoms with Crippen LogP contribution in [-0.4, -0.2) is 23.6 Å². The molecule has 0 atom stereocenters. The van der Waals surface area contributed by atoms with Crippen LogP contribution < -0.4 is 15.4 Å². The van der Waals surface area contributed by atoms with Crippen molar-refractivity contribution in [1.29, 1.82) is 0 Å². The van der Waals surface area contributed by atoms with Crippen LogP contribution in [0.3, 0.4) is 0 Å². The lowest BCUT2D eigenvalue weighted by Gasteiger charge is -2.14. The van der Waals surface area contributed by atoms with E-state index >= 15 is 0 Å². The largest absolute Gasteiger partial charge is 0.490 e. The second-order valence-corrected chi connectivity index (χ2v) is 5.12. The summed E-state index contributed by atoms with van der Waals surface area (Å²) in [5, 5.41) is 7.43. The third-order valence-electron chi connectivity index (χ3n) is 2.73. The number of rotatable bonds is 6. The Balaban J connectivity index is 2.33. The predicted molar refractivity (Wildman–Crippen MR) is 87.1 cm³/mol. The molecule has 0 saturated carbocycles. The second-order valence-electron chi connectivity index (χ2n) is 4.28. The zero-order valence-electron chi connectivity index (χ0n) is 11.8. The molecule has 0 amide bonds. The van der Waals surface area contributed by atoms with E-state index < -0.39 is 0 Å². The summed E-state index contributed by atoms with van der Waals surface area (Å²) in [4.78, 5) is 8.38. The van der Waals surface area contributed by atoms with Gasteiger partial charge in [0.25, 0.3) is 0 Å². The van der Waals surface area contributed by atoms with Crippen molar-refractivity contribution in [2.24, 2.45) is 0 Å². The Morgan fingerprint density at radius 1 is 1.19 bits per heavy atom. The molecule has 2 aromatic rings. The number of aromatic nitrogens is 2. The maximum absolute atomic E-state index is 6.14. The molecule has 112 valence electrons. The third-order valence-corrected chi connectivity index (χ3v) is 3.30. The van der Waals surface area contributed by atoms with E-state index in [2.05, 4.69) is 27.5 Å². The fourth-order valence-corrected chi connectivity index (χ4v) is 2.08. The van der Waals surface area contributed by atoms with Gasteiger partial charge in [-0.15, -0.1) is 0 Å². The van der Waals surface area contributed by atoms with Gasteiger partial charge in [0, 0.05) is 11.6 Å². The molecule has 0 saturated heterocycles. The Morgan fingerprint density at radius 2 is 1.95 bits per heavy atom. The van der Waals surface area contributed by atoms with Gasteiger partial charge in [0.05, 0.1) is 17.8 Å². The number of halogens is 2. The summed E-state index contributed by atoms with van der Waals surface area (Å²) >= 11 is 12.1. The molecule has 21 heavy (non-hydrogen) atoms. The van der Waals surface area contributed by atoms with Crippen molar-refractivity contribution in [3.63, 3.8) is 0 Å². The van der Waals surface area contributed by atoms with Crippen LogP contribution in [0.2, 0.25) is 10.0 Å². The van der Waals surface area contributed by atoms with E-state index in [-0.39, 0.29) is 0 Å². The van der Waals surface area contributed by atoms with Gasteiger partial charge in [-0.3, -0.25) is 0 Å². The van der Waals surface area contributed by atoms with Gasteiger partial charge in [0.1, 0.15) is 6.33 Å². The molecule has 2 N–H and O–H groups in total. The molecule has 0 radical (unpaired) electrons. The Hall–Kier alpha value is -1.72. The molecule has 0 bridgehead atoms. The van der Waals surface area contributed by atoms with Crippen molar-refractivity contribution in [2.45, 2.75) is 13.3 Å². The first kappa shape index (κ1) is 15.7. The van der Waals surface area contributed by atoms with Gasteiger partial charge in [-0.2, -0.15) is 0 Å². The number of nitrogens with zero attached hydrogens (tertiary/aromatic N) is 2. The highest BCUT2D eigenvalue weighted by molar-refractivity contribution is 6.35. The molecular weight excluding hydrogens is 311 g/mol. The summed E-state index contributed by atoms with van der Waals surface area (Å²) in [5.41, 5.74) is 0.655. The summed E-state index contributed by atoms with van der Waals surface area (Å²) in [7, 11) is 1.57. The van der Waals surface area contributed by atoms with Gasteiger partial charge >= 0.3 is 0 Å². The lowest BCUT2D eigenvalue weighted by atomic mass is 10.3. The fourth-order valence-electron chi connectivity index (χ4n) is 1.75. The van der Waals surface area contributed by atoms with E-state index in [9.17, 15) is 0 Å². The highest BCUT2D eigenvalue weighted by Crippen LogP contribution is 2.34. The van der Waals surface area contributed by atoms with Gasteiger partial charge in [-0.05, 0) is 24.6 Å². The summed E-state index contributed by atoms with van der Waals surface area (Å²) in [6.07, 6.45) is 2.44. The van der Waals surface area contributed by atoms with Crippen molar-refractivity contribution in [3.8, 4) is 5.75 Å². The van der Waals surface area contributed by atoms with Gasteiger partial charge in [-0.1, -0.05) is 30.1 Å². The summed E-state index contributed by atoms with van der Waals surface area (Å²) < 4.78 is 5.39. The first-order valence-corrected chi connectivity index (χ1v) is 7.26. The minimum atomic E-state index is 0.523. The van der Waals surface area contributed by atoms with Crippen molar-refractivity contribution < 1.29 is 4.74 Å². The van der Waals surface area contributed by atoms with Gasteiger partial charge in [0.15, 0.2) is 11.6 Å². The molecular formula is C14H16Cl2N4O. The molecule has 0 aliphatic rings. The minimum absolute atomic E-state index is 0.523. The number of methoxy groups -OCH3 is 1. The standard InChI is InChI=1S/C14H16Cl2N4O/c1-3-6-17-13-12(21-2)14(19-8-18-13)20-11-7-9(15)4-5-10(11)16/h4-5,7-8H,3,6H2,1-2H3,(H2,17,18,19,20). The number of nitrogens with one attached hydrogen (secondary N) is 2. The molecule has 0 spiro atoms. The van der Waals surface area contributed by atoms with Crippen molar-refractivity contribution in [3.05, 3.63) is 34.6 Å². The average Bonchev–Trinajstić information content (AvgIpc) is 2.49. The fraction of sp³-hybridized carbons (Fsp3) is 0.286. The number of hydrogen-bond donors (Lipinski definition) is 2. The Kier molecular flexibility index (Phi) is 5.47. The molecule has 5 nitrogen and oxygen atoms in total. The van der Waals surface area contributed by atoms with Crippen LogP contribution in [0.4, 0.5) is 17.3 Å². The molecule has 1 heterocycles. The normalized spacial score (nSPS) is 10.3. The lowest BCUT2D eigenvalue weighted by Crippen LogP contribution is -2.07. The van der Waals surface area contributed by atoms with Gasteiger partial charge in [-0.25, -0.2) is 9.97 Å². The zero-order chi connectivity index (χ0) is 15.2. The number of benzene rings is 1. The highest BCUT2D eigenvalue weighted by Gasteiger charge is 2.13. The second kappa shape index (κ2) is 7.33. The molecule has 0 unspecified atom stereocenters. The molecule has 0 aliphatic heterocycles. The van der Waals surface area contributed by atoms with Crippen molar-refractivity contribution >= 4 is 40.5 Å². The number of hydrogen-bond acceptors (Lipinski definition) is 5. The van der Waals surface area contributed by atoms with Crippen LogP contribution in [0.5, 0.6) is 5.75 Å². The lowest BCUT2D eigenvalue weighted by molar-refractivity contribution is 0.415. The topological polar surface area (TPSA) is 59.1 Å². The van der Waals surface area contributed by atoms with Crippen LogP contribution in [0, 0.1) is 0 Å². The number of ether oxygens (including phenoxy) is 1. The molecule has 1 aromatic heterocycles. The van der Waals surface area contributed by atoms with E-state index in [0.29, 0.717) is 33.1 Å². The summed E-state index contributed by atoms with van der Waals surface area (Å²) in [6.45, 7) is 2.87. The predicted octanol–water partition coefficient (Wildman–Crippen LogP) is 4.36. The molecule has 2 rings (SSSR count). The zero-order valence-corrected chi connectivity index (χ0v) is 13.3. The quantitative estimate of drug-likeness (QED) is 0.826. The first-order valence-electron chi connectivity index (χ1n) is 6.50. The van der Waals surface area contributed by atoms with Crippen LogP contribution in [0.15, 0.2) is 24.5 Å². The minimum Gasteiger partial charge on any atom is -0.490 e. The van der Waals surface area contributed by atoms with Crippen LogP contribution in [0.1, 0.15) is 13.3 Å². The SMILES string of the molecule is CCCNc1ncnc(Nc2cc(Cl)ccc2Cl)c1OC. The smallest absolute Gasteiger partial charge is 0.204 e. The van der Waals surface area contributed by atoms with Crippen LogP contribution in [0.25, 0.3) is 0 Å². The van der Waals surface area contributed by atoms with Crippen LogP contribution in [-0.2, 0) is 0 Å².